The quantitative estimate of drug-likeness (QED) is 0.812. The molecule has 0 amide bonds. The number of rotatable bonds is 2. The Morgan fingerprint density at radius 1 is 1.25 bits per heavy atom. The van der Waals surface area contributed by atoms with Gasteiger partial charge < -0.3 is 4.90 Å². The van der Waals surface area contributed by atoms with E-state index in [-0.39, 0.29) is 0 Å². The molecular formula is C12H11ClN2S. The number of anilines is 1. The number of thiophene rings is 1. The van der Waals surface area contributed by atoms with Crippen LogP contribution in [0.4, 0.5) is 5.69 Å². The molecule has 1 aliphatic heterocycles. The third kappa shape index (κ3) is 1.70. The molecule has 2 aromatic heterocycles. The lowest BCUT2D eigenvalue weighted by Crippen LogP contribution is -2.44. The number of nitrogens with zero attached hydrogens (tertiary/aromatic N) is 2. The van der Waals surface area contributed by atoms with Gasteiger partial charge in [0.1, 0.15) is 0 Å². The second-order valence-corrected chi connectivity index (χ2v) is 5.48. The van der Waals surface area contributed by atoms with E-state index in [9.17, 15) is 0 Å². The molecule has 0 aliphatic carbocycles. The molecule has 0 unspecified atom stereocenters. The molecule has 16 heavy (non-hydrogen) atoms. The maximum Gasteiger partial charge on any atom is 0.0964 e. The molecule has 0 spiro atoms. The topological polar surface area (TPSA) is 16.1 Å². The Bertz CT molecular complexity index is 477. The molecule has 0 bridgehead atoms. The second-order valence-electron chi connectivity index (χ2n) is 3.96. The van der Waals surface area contributed by atoms with Crippen LogP contribution in [0.2, 0.25) is 4.34 Å². The zero-order valence-corrected chi connectivity index (χ0v) is 10.2. The van der Waals surface area contributed by atoms with Crippen molar-refractivity contribution in [2.24, 2.45) is 0 Å². The summed E-state index contributed by atoms with van der Waals surface area (Å²) in [6, 6.07) is 6.23. The average molecular weight is 251 g/mol. The summed E-state index contributed by atoms with van der Waals surface area (Å²) in [7, 11) is 0. The van der Waals surface area contributed by atoms with Gasteiger partial charge in [0.05, 0.1) is 4.34 Å². The summed E-state index contributed by atoms with van der Waals surface area (Å²) in [5.74, 6) is 0.590. The Hall–Kier alpha value is -1.06. The maximum absolute atomic E-state index is 6.13. The van der Waals surface area contributed by atoms with E-state index in [0.717, 1.165) is 17.4 Å². The number of halogens is 1. The summed E-state index contributed by atoms with van der Waals surface area (Å²) >= 11 is 7.75. The SMILES string of the molecule is Clc1sccc1C1CN(c2ccncc2)C1. The molecule has 4 heteroatoms. The molecule has 3 heterocycles. The zero-order chi connectivity index (χ0) is 11.0. The number of hydrogen-bond acceptors (Lipinski definition) is 3. The Morgan fingerprint density at radius 2 is 2.00 bits per heavy atom. The van der Waals surface area contributed by atoms with Gasteiger partial charge in [-0.15, -0.1) is 11.3 Å². The third-order valence-corrected chi connectivity index (χ3v) is 4.20. The van der Waals surface area contributed by atoms with Gasteiger partial charge in [-0.2, -0.15) is 0 Å². The Morgan fingerprint density at radius 3 is 2.62 bits per heavy atom. The number of aromatic nitrogens is 1. The molecular weight excluding hydrogens is 240 g/mol. The molecule has 0 saturated carbocycles. The van der Waals surface area contributed by atoms with Crippen LogP contribution < -0.4 is 4.90 Å². The first-order valence-corrected chi connectivity index (χ1v) is 6.48. The summed E-state index contributed by atoms with van der Waals surface area (Å²) in [6.45, 7) is 2.11. The van der Waals surface area contributed by atoms with Crippen molar-refractivity contribution in [2.75, 3.05) is 18.0 Å². The first-order chi connectivity index (χ1) is 7.84. The minimum absolute atomic E-state index is 0.590. The van der Waals surface area contributed by atoms with Gasteiger partial charge in [-0.3, -0.25) is 4.98 Å². The van der Waals surface area contributed by atoms with E-state index in [0.29, 0.717) is 5.92 Å². The van der Waals surface area contributed by atoms with Gasteiger partial charge in [0, 0.05) is 37.1 Å². The molecule has 1 fully saturated rings. The highest BCUT2D eigenvalue weighted by Gasteiger charge is 2.29. The molecule has 0 N–H and O–H groups in total. The first-order valence-electron chi connectivity index (χ1n) is 5.22. The molecule has 3 rings (SSSR count). The van der Waals surface area contributed by atoms with Crippen LogP contribution in [-0.4, -0.2) is 18.1 Å². The van der Waals surface area contributed by atoms with Crippen LogP contribution in [0.3, 0.4) is 0 Å². The molecule has 2 nitrogen and oxygen atoms in total. The summed E-state index contributed by atoms with van der Waals surface area (Å²) in [5.41, 5.74) is 2.55. The van der Waals surface area contributed by atoms with E-state index in [1.165, 1.54) is 11.3 Å². The molecule has 82 valence electrons. The van der Waals surface area contributed by atoms with Gasteiger partial charge in [0.2, 0.25) is 0 Å². The van der Waals surface area contributed by atoms with Crippen molar-refractivity contribution in [2.45, 2.75) is 5.92 Å². The van der Waals surface area contributed by atoms with Crippen LogP contribution in [0.15, 0.2) is 36.0 Å². The highest BCUT2D eigenvalue weighted by atomic mass is 35.5. The van der Waals surface area contributed by atoms with E-state index in [1.807, 2.05) is 24.5 Å². The summed E-state index contributed by atoms with van der Waals surface area (Å²) < 4.78 is 0.944. The van der Waals surface area contributed by atoms with Crippen LogP contribution in [0, 0.1) is 0 Å². The van der Waals surface area contributed by atoms with Crippen molar-refractivity contribution < 1.29 is 0 Å². The van der Waals surface area contributed by atoms with E-state index < -0.39 is 0 Å². The van der Waals surface area contributed by atoms with Crippen LogP contribution >= 0.6 is 22.9 Å². The lowest BCUT2D eigenvalue weighted by molar-refractivity contribution is 0.526. The highest BCUT2D eigenvalue weighted by Crippen LogP contribution is 2.37. The Balaban J connectivity index is 1.70. The molecule has 1 aliphatic rings. The van der Waals surface area contributed by atoms with Crippen molar-refractivity contribution >= 4 is 28.6 Å². The highest BCUT2D eigenvalue weighted by molar-refractivity contribution is 7.14. The summed E-state index contributed by atoms with van der Waals surface area (Å²) in [6.07, 6.45) is 3.67. The fourth-order valence-electron chi connectivity index (χ4n) is 2.04. The zero-order valence-electron chi connectivity index (χ0n) is 8.64. The molecule has 2 aromatic rings. The summed E-state index contributed by atoms with van der Waals surface area (Å²) in [4.78, 5) is 6.37. The van der Waals surface area contributed by atoms with E-state index in [4.69, 9.17) is 11.6 Å². The van der Waals surface area contributed by atoms with Crippen molar-refractivity contribution in [1.29, 1.82) is 0 Å². The normalized spacial score (nSPS) is 16.2. The van der Waals surface area contributed by atoms with E-state index in [1.54, 1.807) is 11.3 Å². The third-order valence-electron chi connectivity index (χ3n) is 3.00. The van der Waals surface area contributed by atoms with Gasteiger partial charge >= 0.3 is 0 Å². The van der Waals surface area contributed by atoms with Crippen molar-refractivity contribution in [3.63, 3.8) is 0 Å². The minimum atomic E-state index is 0.590. The lowest BCUT2D eigenvalue weighted by Gasteiger charge is -2.41. The number of pyridine rings is 1. The van der Waals surface area contributed by atoms with Crippen molar-refractivity contribution in [3.05, 3.63) is 45.9 Å². The average Bonchev–Trinajstić information content (AvgIpc) is 2.65. The summed E-state index contributed by atoms with van der Waals surface area (Å²) in [5, 5.41) is 2.06. The smallest absolute Gasteiger partial charge is 0.0964 e. The van der Waals surface area contributed by atoms with Crippen LogP contribution in [0.5, 0.6) is 0 Å². The molecule has 1 saturated heterocycles. The fourth-order valence-corrected chi connectivity index (χ4v) is 3.11. The predicted molar refractivity (Wildman–Crippen MR) is 68.5 cm³/mol. The van der Waals surface area contributed by atoms with Gasteiger partial charge in [0.25, 0.3) is 0 Å². The van der Waals surface area contributed by atoms with Crippen molar-refractivity contribution in [3.8, 4) is 0 Å². The molecule has 0 atom stereocenters. The predicted octanol–water partition coefficient (Wildman–Crippen LogP) is 3.40. The maximum atomic E-state index is 6.13. The van der Waals surface area contributed by atoms with Crippen molar-refractivity contribution in [1.82, 2.24) is 4.98 Å². The standard InChI is InChI=1S/C12H11ClN2S/c13-12-11(3-6-16-12)9-7-15(8-9)10-1-4-14-5-2-10/h1-6,9H,7-8H2. The van der Waals surface area contributed by atoms with Gasteiger partial charge in [-0.1, -0.05) is 11.6 Å². The Labute approximate surface area is 104 Å². The fraction of sp³-hybridized carbons (Fsp3) is 0.250. The number of hydrogen-bond donors (Lipinski definition) is 0. The van der Waals surface area contributed by atoms with E-state index in [2.05, 4.69) is 21.3 Å². The van der Waals surface area contributed by atoms with E-state index >= 15 is 0 Å². The van der Waals surface area contributed by atoms with Crippen LogP contribution in [0.1, 0.15) is 11.5 Å². The van der Waals surface area contributed by atoms with Gasteiger partial charge in [-0.05, 0) is 29.1 Å². The molecule has 0 radical (unpaired) electrons. The Kier molecular flexibility index (Phi) is 2.58. The van der Waals surface area contributed by atoms with Gasteiger partial charge in [0.15, 0.2) is 0 Å². The minimum Gasteiger partial charge on any atom is -0.370 e. The van der Waals surface area contributed by atoms with Crippen LogP contribution in [-0.2, 0) is 0 Å². The largest absolute Gasteiger partial charge is 0.370 e. The van der Waals surface area contributed by atoms with Crippen LogP contribution in [0.25, 0.3) is 0 Å². The molecule has 0 aromatic carbocycles. The second kappa shape index (κ2) is 4.07. The van der Waals surface area contributed by atoms with Gasteiger partial charge in [-0.25, -0.2) is 0 Å². The first kappa shape index (κ1) is 10.1. The lowest BCUT2D eigenvalue weighted by atomic mass is 9.93. The monoisotopic (exact) mass is 250 g/mol.